The molecule has 0 atom stereocenters. The summed E-state index contributed by atoms with van der Waals surface area (Å²) in [4.78, 5) is 17.5. The van der Waals surface area contributed by atoms with E-state index in [1.165, 1.54) is 0 Å². The summed E-state index contributed by atoms with van der Waals surface area (Å²) in [5, 5.41) is 0. The van der Waals surface area contributed by atoms with Crippen molar-refractivity contribution in [1.29, 1.82) is 0 Å². The maximum Gasteiger partial charge on any atom is 0.166 e. The van der Waals surface area contributed by atoms with E-state index < -0.39 is 0 Å². The van der Waals surface area contributed by atoms with Crippen LogP contribution in [0.25, 0.3) is 11.1 Å². The van der Waals surface area contributed by atoms with Crippen molar-refractivity contribution in [3.8, 4) is 11.1 Å². The number of rotatable bonds is 2. The van der Waals surface area contributed by atoms with E-state index >= 15 is 0 Å². The molecule has 70 valence electrons. The van der Waals surface area contributed by atoms with Gasteiger partial charge in [0, 0.05) is 24.2 Å². The van der Waals surface area contributed by atoms with Crippen LogP contribution in [0.2, 0.25) is 0 Å². The van der Waals surface area contributed by atoms with Crippen LogP contribution < -0.4 is 0 Å². The molecule has 0 fully saturated rings. The molecule has 1 N–H and O–H groups in total. The Morgan fingerprint density at radius 2 is 2.07 bits per heavy atom. The fourth-order valence-electron chi connectivity index (χ4n) is 1.47. The summed E-state index contributed by atoms with van der Waals surface area (Å²) in [6, 6.07) is 3.84. The zero-order valence-electron chi connectivity index (χ0n) is 7.82. The fraction of sp³-hybridized carbons (Fsp3) is 0.0909. The Morgan fingerprint density at radius 1 is 1.36 bits per heavy atom. The molecule has 0 aromatic carbocycles. The van der Waals surface area contributed by atoms with Gasteiger partial charge in [-0.2, -0.15) is 0 Å². The third-order valence-electron chi connectivity index (χ3n) is 2.29. The number of aromatic amines is 1. The highest BCUT2D eigenvalue weighted by Crippen LogP contribution is 2.23. The van der Waals surface area contributed by atoms with Crippen LogP contribution in [0.3, 0.4) is 0 Å². The molecule has 0 bridgehead atoms. The number of aldehydes is 1. The second-order valence-electron chi connectivity index (χ2n) is 3.09. The lowest BCUT2D eigenvalue weighted by molar-refractivity contribution is 0.111. The molecule has 14 heavy (non-hydrogen) atoms. The first-order valence-corrected chi connectivity index (χ1v) is 4.36. The quantitative estimate of drug-likeness (QED) is 0.731. The molecule has 3 heteroatoms. The average molecular weight is 186 g/mol. The van der Waals surface area contributed by atoms with Gasteiger partial charge in [-0.25, -0.2) is 0 Å². The van der Waals surface area contributed by atoms with Crippen LogP contribution >= 0.6 is 0 Å². The largest absolute Gasteiger partial charge is 0.358 e. The van der Waals surface area contributed by atoms with E-state index in [1.54, 1.807) is 12.4 Å². The molecule has 0 aliphatic carbocycles. The van der Waals surface area contributed by atoms with Crippen molar-refractivity contribution in [2.24, 2.45) is 0 Å². The van der Waals surface area contributed by atoms with Gasteiger partial charge in [0.25, 0.3) is 0 Å². The fourth-order valence-corrected chi connectivity index (χ4v) is 1.47. The van der Waals surface area contributed by atoms with Gasteiger partial charge in [0.15, 0.2) is 6.29 Å². The van der Waals surface area contributed by atoms with Crippen LogP contribution in [0, 0.1) is 6.92 Å². The van der Waals surface area contributed by atoms with Crippen molar-refractivity contribution in [3.05, 3.63) is 42.0 Å². The molecule has 0 unspecified atom stereocenters. The van der Waals surface area contributed by atoms with E-state index in [4.69, 9.17) is 0 Å². The van der Waals surface area contributed by atoms with Crippen molar-refractivity contribution in [2.75, 3.05) is 0 Å². The van der Waals surface area contributed by atoms with E-state index in [-0.39, 0.29) is 0 Å². The topological polar surface area (TPSA) is 45.8 Å². The van der Waals surface area contributed by atoms with E-state index in [9.17, 15) is 4.79 Å². The first-order valence-electron chi connectivity index (χ1n) is 4.36. The normalized spacial score (nSPS) is 10.1. The van der Waals surface area contributed by atoms with Crippen molar-refractivity contribution < 1.29 is 4.79 Å². The molecule has 0 saturated carbocycles. The molecule has 0 aliphatic heterocycles. The maximum atomic E-state index is 10.6. The SMILES string of the molecule is Cc1c(-c2ccncc2)c[nH]c1C=O. The minimum atomic E-state index is 0.636. The lowest BCUT2D eigenvalue weighted by atomic mass is 10.1. The van der Waals surface area contributed by atoms with Crippen LogP contribution in [0.4, 0.5) is 0 Å². The van der Waals surface area contributed by atoms with Crippen LogP contribution in [0.5, 0.6) is 0 Å². The van der Waals surface area contributed by atoms with E-state index in [2.05, 4.69) is 9.97 Å². The van der Waals surface area contributed by atoms with Crippen LogP contribution in [-0.4, -0.2) is 16.3 Å². The first kappa shape index (κ1) is 8.69. The molecule has 0 aliphatic rings. The summed E-state index contributed by atoms with van der Waals surface area (Å²) in [7, 11) is 0. The lowest BCUT2D eigenvalue weighted by Crippen LogP contribution is -1.83. The van der Waals surface area contributed by atoms with Gasteiger partial charge in [0.2, 0.25) is 0 Å². The molecule has 0 amide bonds. The molecule has 2 heterocycles. The van der Waals surface area contributed by atoms with Gasteiger partial charge in [0.05, 0.1) is 5.69 Å². The lowest BCUT2D eigenvalue weighted by Gasteiger charge is -1.98. The first-order chi connectivity index (χ1) is 6.83. The Hall–Kier alpha value is -1.90. The van der Waals surface area contributed by atoms with Gasteiger partial charge in [-0.3, -0.25) is 9.78 Å². The number of carbonyl (C=O) groups is 1. The Labute approximate surface area is 81.8 Å². The molecule has 2 aromatic rings. The molecular formula is C11H10N2O. The summed E-state index contributed by atoms with van der Waals surface area (Å²) in [5.41, 5.74) is 3.74. The Kier molecular flexibility index (Phi) is 2.14. The average Bonchev–Trinajstić information content (AvgIpc) is 2.61. The van der Waals surface area contributed by atoms with Crippen molar-refractivity contribution in [2.45, 2.75) is 6.92 Å². The van der Waals surface area contributed by atoms with Gasteiger partial charge in [-0.05, 0) is 30.2 Å². The summed E-state index contributed by atoms with van der Waals surface area (Å²) in [6.45, 7) is 1.93. The molecule has 0 saturated heterocycles. The summed E-state index contributed by atoms with van der Waals surface area (Å²) in [6.07, 6.45) is 6.15. The number of aromatic nitrogens is 2. The molecule has 3 nitrogen and oxygen atoms in total. The van der Waals surface area contributed by atoms with Gasteiger partial charge < -0.3 is 4.98 Å². The predicted molar refractivity (Wildman–Crippen MR) is 54.1 cm³/mol. The third kappa shape index (κ3) is 1.33. The zero-order valence-corrected chi connectivity index (χ0v) is 7.82. The van der Waals surface area contributed by atoms with Crippen molar-refractivity contribution >= 4 is 6.29 Å². The zero-order chi connectivity index (χ0) is 9.97. The summed E-state index contributed by atoms with van der Waals surface area (Å²) >= 11 is 0. The van der Waals surface area contributed by atoms with Crippen molar-refractivity contribution in [3.63, 3.8) is 0 Å². The monoisotopic (exact) mass is 186 g/mol. The highest BCUT2D eigenvalue weighted by molar-refractivity contribution is 5.81. The smallest absolute Gasteiger partial charge is 0.166 e. The third-order valence-corrected chi connectivity index (χ3v) is 2.29. The number of H-pyrrole nitrogens is 1. The second-order valence-corrected chi connectivity index (χ2v) is 3.09. The minimum absolute atomic E-state index is 0.636. The van der Waals surface area contributed by atoms with Crippen LogP contribution in [0.1, 0.15) is 16.1 Å². The maximum absolute atomic E-state index is 10.6. The van der Waals surface area contributed by atoms with Gasteiger partial charge in [0.1, 0.15) is 0 Å². The van der Waals surface area contributed by atoms with E-state index in [0.717, 1.165) is 23.0 Å². The Bertz CT molecular complexity index is 446. The second kappa shape index (κ2) is 3.46. The predicted octanol–water partition coefficient (Wildman–Crippen LogP) is 2.20. The summed E-state index contributed by atoms with van der Waals surface area (Å²) in [5.74, 6) is 0. The van der Waals surface area contributed by atoms with Gasteiger partial charge >= 0.3 is 0 Å². The molecule has 0 spiro atoms. The minimum Gasteiger partial charge on any atom is -0.358 e. The highest BCUT2D eigenvalue weighted by Gasteiger charge is 2.06. The van der Waals surface area contributed by atoms with Gasteiger partial charge in [-0.1, -0.05) is 0 Å². The number of hydrogen-bond acceptors (Lipinski definition) is 2. The van der Waals surface area contributed by atoms with Gasteiger partial charge in [-0.15, -0.1) is 0 Å². The number of nitrogens with one attached hydrogen (secondary N) is 1. The van der Waals surface area contributed by atoms with Crippen LogP contribution in [0.15, 0.2) is 30.7 Å². The molecule has 0 radical (unpaired) electrons. The molecule has 2 aromatic heterocycles. The van der Waals surface area contributed by atoms with Crippen LogP contribution in [-0.2, 0) is 0 Å². The number of nitrogens with zero attached hydrogens (tertiary/aromatic N) is 1. The van der Waals surface area contributed by atoms with E-state index in [0.29, 0.717) is 5.69 Å². The van der Waals surface area contributed by atoms with Crippen molar-refractivity contribution in [1.82, 2.24) is 9.97 Å². The Morgan fingerprint density at radius 3 is 2.64 bits per heavy atom. The molecule has 2 rings (SSSR count). The number of carbonyl (C=O) groups excluding carboxylic acids is 1. The standard InChI is InChI=1S/C11H10N2O/c1-8-10(6-13-11(8)7-14)9-2-4-12-5-3-9/h2-7,13H,1H3. The van der Waals surface area contributed by atoms with E-state index in [1.807, 2.05) is 25.3 Å². The number of pyridine rings is 1. The Balaban J connectivity index is 2.53. The summed E-state index contributed by atoms with van der Waals surface area (Å²) < 4.78 is 0. The molecular weight excluding hydrogens is 176 g/mol. The highest BCUT2D eigenvalue weighted by atomic mass is 16.1. The number of hydrogen-bond donors (Lipinski definition) is 1.